The van der Waals surface area contributed by atoms with E-state index in [0.29, 0.717) is 6.04 Å². The molecule has 0 bridgehead atoms. The van der Waals surface area contributed by atoms with Gasteiger partial charge in [0.1, 0.15) is 0 Å². The topological polar surface area (TPSA) is 32.7 Å². The van der Waals surface area contributed by atoms with Gasteiger partial charge in [0.2, 0.25) is 0 Å². The van der Waals surface area contributed by atoms with E-state index in [4.69, 9.17) is 4.74 Å². The van der Waals surface area contributed by atoms with Crippen molar-refractivity contribution >= 4 is 0 Å². The van der Waals surface area contributed by atoms with E-state index in [1.54, 1.807) is 0 Å². The zero-order chi connectivity index (χ0) is 15.1. The third-order valence-electron chi connectivity index (χ3n) is 5.61. The lowest BCUT2D eigenvalue weighted by Gasteiger charge is -2.37. The van der Waals surface area contributed by atoms with Gasteiger partial charge in [-0.2, -0.15) is 0 Å². The van der Waals surface area contributed by atoms with Gasteiger partial charge in [-0.25, -0.2) is 0 Å². The molecule has 2 rings (SSSR count). The Morgan fingerprint density at radius 2 is 1.60 bits per heavy atom. The van der Waals surface area contributed by atoms with Gasteiger partial charge in [0.05, 0.1) is 17.3 Å². The Balaban J connectivity index is 1.98. The van der Waals surface area contributed by atoms with Gasteiger partial charge in [-0.05, 0) is 66.3 Å². The largest absolute Gasteiger partial charge is 0.390 e. The van der Waals surface area contributed by atoms with Gasteiger partial charge < -0.3 is 14.7 Å². The summed E-state index contributed by atoms with van der Waals surface area (Å²) >= 11 is 0. The molecule has 2 fully saturated rings. The molecular weight excluding hydrogens is 250 g/mol. The van der Waals surface area contributed by atoms with Gasteiger partial charge in [0.15, 0.2) is 0 Å². The van der Waals surface area contributed by atoms with Crippen LogP contribution in [-0.4, -0.2) is 46.9 Å². The zero-order valence-electron chi connectivity index (χ0n) is 14.1. The fraction of sp³-hybridized carbons (Fsp3) is 1.00. The molecule has 2 atom stereocenters. The van der Waals surface area contributed by atoms with Gasteiger partial charge in [-0.3, -0.25) is 0 Å². The van der Waals surface area contributed by atoms with Crippen molar-refractivity contribution in [2.45, 2.75) is 83.6 Å². The summed E-state index contributed by atoms with van der Waals surface area (Å²) in [6, 6.07) is 0.679. The highest BCUT2D eigenvalue weighted by molar-refractivity contribution is 5.02. The first-order valence-corrected chi connectivity index (χ1v) is 8.22. The first-order valence-electron chi connectivity index (χ1n) is 8.22. The summed E-state index contributed by atoms with van der Waals surface area (Å²) in [5.74, 6) is 1.07. The predicted octanol–water partition coefficient (Wildman–Crippen LogP) is 3.06. The van der Waals surface area contributed by atoms with E-state index in [0.717, 1.165) is 12.5 Å². The maximum atomic E-state index is 10.6. The van der Waals surface area contributed by atoms with Crippen molar-refractivity contribution in [2.24, 2.45) is 11.8 Å². The molecule has 0 spiro atoms. The van der Waals surface area contributed by atoms with Crippen molar-refractivity contribution in [3.63, 3.8) is 0 Å². The first-order chi connectivity index (χ1) is 9.13. The molecule has 1 saturated heterocycles. The molecule has 1 aliphatic heterocycles. The van der Waals surface area contributed by atoms with Crippen molar-refractivity contribution in [3.8, 4) is 0 Å². The smallest absolute Gasteiger partial charge is 0.0896 e. The van der Waals surface area contributed by atoms with Crippen LogP contribution < -0.4 is 0 Å². The van der Waals surface area contributed by atoms with Crippen LogP contribution >= 0.6 is 0 Å². The molecule has 20 heavy (non-hydrogen) atoms. The Hall–Kier alpha value is -0.120. The van der Waals surface area contributed by atoms with Crippen LogP contribution in [0.15, 0.2) is 0 Å². The molecule has 2 aliphatic rings. The summed E-state index contributed by atoms with van der Waals surface area (Å²) in [5.41, 5.74) is -0.685. The zero-order valence-corrected chi connectivity index (χ0v) is 14.1. The SMILES string of the molecule is CC1CCC(N(C)CC2C(O)C(C)(C)OC2(C)C)CC1. The van der Waals surface area contributed by atoms with Crippen LogP contribution in [0, 0.1) is 11.8 Å². The van der Waals surface area contributed by atoms with Gasteiger partial charge >= 0.3 is 0 Å². The molecule has 0 aromatic heterocycles. The van der Waals surface area contributed by atoms with Crippen LogP contribution in [-0.2, 0) is 4.74 Å². The molecule has 3 nitrogen and oxygen atoms in total. The normalized spacial score (nSPS) is 40.2. The Morgan fingerprint density at radius 3 is 2.05 bits per heavy atom. The van der Waals surface area contributed by atoms with Gasteiger partial charge in [0.25, 0.3) is 0 Å². The van der Waals surface area contributed by atoms with Crippen molar-refractivity contribution < 1.29 is 9.84 Å². The molecule has 1 N–H and O–H groups in total. The molecule has 1 saturated carbocycles. The van der Waals surface area contributed by atoms with E-state index in [1.165, 1.54) is 25.7 Å². The predicted molar refractivity (Wildman–Crippen MR) is 82.8 cm³/mol. The van der Waals surface area contributed by atoms with E-state index in [9.17, 15) is 5.11 Å². The van der Waals surface area contributed by atoms with Gasteiger partial charge in [-0.1, -0.05) is 6.92 Å². The first kappa shape index (κ1) is 16.3. The fourth-order valence-corrected chi connectivity index (χ4v) is 4.14. The molecule has 1 heterocycles. The summed E-state index contributed by atoms with van der Waals surface area (Å²) in [4.78, 5) is 2.46. The molecule has 0 radical (unpaired) electrons. The fourth-order valence-electron chi connectivity index (χ4n) is 4.14. The lowest BCUT2D eigenvalue weighted by atomic mass is 9.82. The minimum Gasteiger partial charge on any atom is -0.390 e. The summed E-state index contributed by atoms with van der Waals surface area (Å²) in [5, 5.41) is 10.6. The highest BCUT2D eigenvalue weighted by Crippen LogP contribution is 2.43. The maximum absolute atomic E-state index is 10.6. The Bertz CT molecular complexity index is 332. The molecule has 0 aromatic rings. The van der Waals surface area contributed by atoms with E-state index in [2.05, 4.69) is 32.7 Å². The third kappa shape index (κ3) is 3.20. The molecule has 2 unspecified atom stereocenters. The Kier molecular flexibility index (Phi) is 4.54. The third-order valence-corrected chi connectivity index (χ3v) is 5.61. The van der Waals surface area contributed by atoms with E-state index < -0.39 is 5.60 Å². The quantitative estimate of drug-likeness (QED) is 0.864. The number of aliphatic hydroxyl groups excluding tert-OH is 1. The monoisotopic (exact) mass is 283 g/mol. The molecule has 0 amide bonds. The molecular formula is C17H33NO2. The second kappa shape index (κ2) is 5.58. The summed E-state index contributed by atoms with van der Waals surface area (Å²) < 4.78 is 6.09. The summed E-state index contributed by atoms with van der Waals surface area (Å²) in [7, 11) is 2.22. The molecule has 0 aromatic carbocycles. The van der Waals surface area contributed by atoms with E-state index >= 15 is 0 Å². The number of aliphatic hydroxyl groups is 1. The Labute approximate surface area is 124 Å². The maximum Gasteiger partial charge on any atom is 0.0896 e. The minimum absolute atomic E-state index is 0.182. The van der Waals surface area contributed by atoms with Crippen molar-refractivity contribution in [1.29, 1.82) is 0 Å². The second-order valence-corrected chi connectivity index (χ2v) is 8.21. The standard InChI is InChI=1S/C17H33NO2/c1-12-7-9-13(10-8-12)18(6)11-14-15(19)17(4,5)20-16(14,2)3/h12-15,19H,7-11H2,1-6H3. The lowest BCUT2D eigenvalue weighted by molar-refractivity contribution is -0.0915. The molecule has 1 aliphatic carbocycles. The number of rotatable bonds is 3. The van der Waals surface area contributed by atoms with E-state index in [-0.39, 0.29) is 17.6 Å². The van der Waals surface area contributed by atoms with Crippen molar-refractivity contribution in [1.82, 2.24) is 4.90 Å². The summed E-state index contributed by atoms with van der Waals surface area (Å²) in [6.07, 6.45) is 4.89. The number of hydrogen-bond donors (Lipinski definition) is 1. The van der Waals surface area contributed by atoms with Gasteiger partial charge in [-0.15, -0.1) is 0 Å². The number of ether oxygens (including phenoxy) is 1. The van der Waals surface area contributed by atoms with Gasteiger partial charge in [0, 0.05) is 18.5 Å². The molecule has 118 valence electrons. The lowest BCUT2D eigenvalue weighted by Crippen LogP contribution is -2.46. The van der Waals surface area contributed by atoms with Crippen molar-refractivity contribution in [2.75, 3.05) is 13.6 Å². The van der Waals surface area contributed by atoms with Crippen molar-refractivity contribution in [3.05, 3.63) is 0 Å². The minimum atomic E-state index is -0.434. The average Bonchev–Trinajstić information content (AvgIpc) is 2.48. The van der Waals surface area contributed by atoms with Crippen LogP contribution in [0.25, 0.3) is 0 Å². The Morgan fingerprint density at radius 1 is 1.05 bits per heavy atom. The second-order valence-electron chi connectivity index (χ2n) is 8.21. The van der Waals surface area contributed by atoms with Crippen LogP contribution in [0.5, 0.6) is 0 Å². The number of hydrogen-bond acceptors (Lipinski definition) is 3. The van der Waals surface area contributed by atoms with Crippen LogP contribution in [0.3, 0.4) is 0 Å². The van der Waals surface area contributed by atoms with E-state index in [1.807, 2.05) is 13.8 Å². The highest BCUT2D eigenvalue weighted by Gasteiger charge is 2.53. The van der Waals surface area contributed by atoms with Crippen LogP contribution in [0.2, 0.25) is 0 Å². The van der Waals surface area contributed by atoms with Crippen LogP contribution in [0.4, 0.5) is 0 Å². The summed E-state index contributed by atoms with van der Waals surface area (Å²) in [6.45, 7) is 11.5. The molecule has 3 heteroatoms. The number of nitrogens with zero attached hydrogens (tertiary/aromatic N) is 1. The average molecular weight is 283 g/mol. The van der Waals surface area contributed by atoms with Crippen LogP contribution in [0.1, 0.15) is 60.3 Å². The highest BCUT2D eigenvalue weighted by atomic mass is 16.5.